The number of hydrogen-bond donors (Lipinski definition) is 1. The summed E-state index contributed by atoms with van der Waals surface area (Å²) >= 11 is 4.73. The highest BCUT2D eigenvalue weighted by Gasteiger charge is 2.34. The van der Waals surface area contributed by atoms with E-state index in [1.165, 1.54) is 12.1 Å². The maximum atomic E-state index is 12.6. The molecular formula is C11H14ClF2NO2S. The van der Waals surface area contributed by atoms with Crippen LogP contribution in [0.1, 0.15) is 12.0 Å². The molecule has 0 aliphatic carbocycles. The zero-order valence-electron chi connectivity index (χ0n) is 9.74. The van der Waals surface area contributed by atoms with E-state index < -0.39 is 33.4 Å². The van der Waals surface area contributed by atoms with Crippen molar-refractivity contribution in [3.63, 3.8) is 0 Å². The Morgan fingerprint density at radius 2 is 1.83 bits per heavy atom. The molecule has 0 aliphatic rings. The summed E-state index contributed by atoms with van der Waals surface area (Å²) in [7, 11) is -3.60. The molecule has 102 valence electrons. The minimum atomic E-state index is -3.60. The smallest absolute Gasteiger partial charge is 0.322 e. The van der Waals surface area contributed by atoms with E-state index in [0.29, 0.717) is 0 Å². The zero-order chi connectivity index (χ0) is 14.0. The lowest BCUT2D eigenvalue weighted by Crippen LogP contribution is -2.37. The number of nitrogens with two attached hydrogens (primary N) is 1. The van der Waals surface area contributed by atoms with E-state index in [1.54, 1.807) is 12.1 Å². The van der Waals surface area contributed by atoms with Crippen LogP contribution in [0.5, 0.6) is 0 Å². The Hall–Kier alpha value is -0.720. The van der Waals surface area contributed by atoms with Gasteiger partial charge in [0.15, 0.2) is 9.84 Å². The fourth-order valence-corrected chi connectivity index (χ4v) is 2.77. The van der Waals surface area contributed by atoms with Gasteiger partial charge in [0.25, 0.3) is 0 Å². The van der Waals surface area contributed by atoms with Gasteiger partial charge in [0.1, 0.15) is 0 Å². The molecule has 1 aromatic rings. The molecule has 1 atom stereocenters. The summed E-state index contributed by atoms with van der Waals surface area (Å²) in [6, 6.07) is 4.48. The molecule has 0 heterocycles. The molecule has 0 unspecified atom stereocenters. The van der Waals surface area contributed by atoms with Crippen LogP contribution < -0.4 is 5.73 Å². The van der Waals surface area contributed by atoms with Gasteiger partial charge in [-0.15, -0.1) is 0 Å². The second-order valence-electron chi connectivity index (χ2n) is 4.07. The summed E-state index contributed by atoms with van der Waals surface area (Å²) in [6.45, 7) is 1.82. The maximum absolute atomic E-state index is 12.6. The molecule has 0 radical (unpaired) electrons. The van der Waals surface area contributed by atoms with Gasteiger partial charge in [0.05, 0.1) is 16.7 Å². The van der Waals surface area contributed by atoms with Crippen molar-refractivity contribution in [1.29, 1.82) is 0 Å². The number of rotatable bonds is 5. The lowest BCUT2D eigenvalue weighted by atomic mass is 10.2. The van der Waals surface area contributed by atoms with Gasteiger partial charge < -0.3 is 5.73 Å². The van der Waals surface area contributed by atoms with E-state index in [4.69, 9.17) is 17.3 Å². The van der Waals surface area contributed by atoms with E-state index in [-0.39, 0.29) is 4.90 Å². The quantitative estimate of drug-likeness (QED) is 0.849. The fourth-order valence-electron chi connectivity index (χ4n) is 1.31. The molecule has 0 spiro atoms. The predicted molar refractivity (Wildman–Crippen MR) is 66.6 cm³/mol. The maximum Gasteiger partial charge on any atom is 0.336 e. The molecule has 0 saturated carbocycles. The highest BCUT2D eigenvalue weighted by atomic mass is 35.5. The first kappa shape index (κ1) is 15.3. The molecule has 0 fully saturated rings. The summed E-state index contributed by atoms with van der Waals surface area (Å²) in [5.74, 6) is -0.459. The van der Waals surface area contributed by atoms with E-state index in [1.807, 2.05) is 6.92 Å². The summed E-state index contributed by atoms with van der Waals surface area (Å²) < 4.78 is 48.8. The first-order chi connectivity index (χ1) is 8.13. The Labute approximate surface area is 110 Å². The Morgan fingerprint density at radius 3 is 2.28 bits per heavy atom. The summed E-state index contributed by atoms with van der Waals surface area (Å²) in [5.41, 5.74) is 6.03. The number of sulfone groups is 1. The molecule has 1 aromatic carbocycles. The summed E-state index contributed by atoms with van der Waals surface area (Å²) in [5, 5.41) is -3.59. The molecule has 1 rings (SSSR count). The minimum absolute atomic E-state index is 0.0955. The Kier molecular flexibility index (Phi) is 4.69. The van der Waals surface area contributed by atoms with Crippen molar-refractivity contribution in [2.75, 3.05) is 5.75 Å². The lowest BCUT2D eigenvalue weighted by Gasteiger charge is -2.16. The van der Waals surface area contributed by atoms with Crippen molar-refractivity contribution in [1.82, 2.24) is 0 Å². The molecule has 0 aliphatic heterocycles. The fraction of sp³-hybridized carbons (Fsp3) is 0.455. The van der Waals surface area contributed by atoms with Crippen LogP contribution in [0.2, 0.25) is 0 Å². The number of alkyl halides is 3. The van der Waals surface area contributed by atoms with E-state index in [2.05, 4.69) is 0 Å². The van der Waals surface area contributed by atoms with Gasteiger partial charge in [-0.1, -0.05) is 17.7 Å². The van der Waals surface area contributed by atoms with E-state index >= 15 is 0 Å². The molecule has 2 N–H and O–H groups in total. The van der Waals surface area contributed by atoms with Crippen molar-refractivity contribution < 1.29 is 17.2 Å². The van der Waals surface area contributed by atoms with Crippen LogP contribution in [0.4, 0.5) is 8.78 Å². The zero-order valence-corrected chi connectivity index (χ0v) is 11.3. The normalized spacial score (nSPS) is 14.5. The van der Waals surface area contributed by atoms with Crippen LogP contribution in [0.25, 0.3) is 0 Å². The summed E-state index contributed by atoms with van der Waals surface area (Å²) in [6.07, 6.45) is -0.396. The first-order valence-corrected chi connectivity index (χ1v) is 7.27. The van der Waals surface area contributed by atoms with Crippen molar-refractivity contribution in [3.8, 4) is 0 Å². The van der Waals surface area contributed by atoms with Gasteiger partial charge in [-0.25, -0.2) is 8.42 Å². The Bertz CT molecular complexity index is 497. The molecule has 3 nitrogen and oxygen atoms in total. The average Bonchev–Trinajstić information content (AvgIpc) is 2.25. The van der Waals surface area contributed by atoms with E-state index in [9.17, 15) is 17.2 Å². The van der Waals surface area contributed by atoms with Crippen LogP contribution in [-0.2, 0) is 9.84 Å². The SMILES string of the molecule is Cc1ccc(S(=O)(=O)CC[C@H](N)C(F)(F)Cl)cc1. The third-order valence-corrected chi connectivity index (χ3v) is 4.54. The van der Waals surface area contributed by atoms with Crippen LogP contribution in [0.15, 0.2) is 29.2 Å². The molecule has 7 heteroatoms. The molecule has 0 aromatic heterocycles. The standard InChI is InChI=1S/C11H14ClF2NO2S/c1-8-2-4-9(5-3-8)18(16,17)7-6-10(15)11(12,13)14/h2-5,10H,6-7,15H2,1H3/t10-/m0/s1. The molecule has 0 bridgehead atoms. The molecular weight excluding hydrogens is 284 g/mol. The van der Waals surface area contributed by atoms with Crippen LogP contribution in [0, 0.1) is 6.92 Å². The first-order valence-electron chi connectivity index (χ1n) is 5.24. The topological polar surface area (TPSA) is 60.2 Å². The van der Waals surface area contributed by atoms with Gasteiger partial charge in [0, 0.05) is 0 Å². The predicted octanol–water partition coefficient (Wildman–Crippen LogP) is 2.32. The largest absolute Gasteiger partial charge is 0.336 e. The molecule has 18 heavy (non-hydrogen) atoms. The highest BCUT2D eigenvalue weighted by Crippen LogP contribution is 2.25. The second kappa shape index (κ2) is 5.50. The monoisotopic (exact) mass is 297 g/mol. The third kappa shape index (κ3) is 4.19. The number of halogens is 3. The third-order valence-electron chi connectivity index (χ3n) is 2.50. The lowest BCUT2D eigenvalue weighted by molar-refractivity contribution is 0.0646. The Balaban J connectivity index is 2.75. The van der Waals surface area contributed by atoms with Crippen molar-refractivity contribution >= 4 is 21.4 Å². The van der Waals surface area contributed by atoms with Crippen molar-refractivity contribution in [3.05, 3.63) is 29.8 Å². The molecule has 0 amide bonds. The van der Waals surface area contributed by atoms with Gasteiger partial charge in [0.2, 0.25) is 0 Å². The van der Waals surface area contributed by atoms with Crippen LogP contribution in [-0.4, -0.2) is 25.6 Å². The van der Waals surface area contributed by atoms with Gasteiger partial charge in [-0.05, 0) is 37.1 Å². The highest BCUT2D eigenvalue weighted by molar-refractivity contribution is 7.91. The average molecular weight is 298 g/mol. The number of hydrogen-bond acceptors (Lipinski definition) is 3. The van der Waals surface area contributed by atoms with Gasteiger partial charge in [-0.3, -0.25) is 0 Å². The van der Waals surface area contributed by atoms with Gasteiger partial charge in [-0.2, -0.15) is 8.78 Å². The summed E-state index contributed by atoms with van der Waals surface area (Å²) in [4.78, 5) is 0.0955. The number of aryl methyl sites for hydroxylation is 1. The van der Waals surface area contributed by atoms with E-state index in [0.717, 1.165) is 5.56 Å². The Morgan fingerprint density at radius 1 is 1.33 bits per heavy atom. The minimum Gasteiger partial charge on any atom is -0.322 e. The number of benzene rings is 1. The van der Waals surface area contributed by atoms with Crippen molar-refractivity contribution in [2.45, 2.75) is 29.7 Å². The molecule has 0 saturated heterocycles. The van der Waals surface area contributed by atoms with Gasteiger partial charge >= 0.3 is 5.38 Å². The second-order valence-corrected chi connectivity index (χ2v) is 6.68. The van der Waals surface area contributed by atoms with Crippen LogP contribution >= 0.6 is 11.6 Å². The van der Waals surface area contributed by atoms with Crippen LogP contribution in [0.3, 0.4) is 0 Å². The van der Waals surface area contributed by atoms with Crippen molar-refractivity contribution in [2.24, 2.45) is 5.73 Å².